The fourth-order valence-corrected chi connectivity index (χ4v) is 2.89. The molecule has 2 N–H and O–H groups in total. The predicted molar refractivity (Wildman–Crippen MR) is 78.8 cm³/mol. The average Bonchev–Trinajstić information content (AvgIpc) is 2.37. The van der Waals surface area contributed by atoms with E-state index in [-0.39, 0.29) is 18.4 Å². The molecule has 0 saturated carbocycles. The first-order valence-electron chi connectivity index (χ1n) is 6.53. The summed E-state index contributed by atoms with van der Waals surface area (Å²) in [6.45, 7) is 3.11. The van der Waals surface area contributed by atoms with E-state index in [0.717, 1.165) is 19.4 Å². The molecule has 1 amide bonds. The molecule has 2 rings (SSSR count). The van der Waals surface area contributed by atoms with Gasteiger partial charge in [0.25, 0.3) is 0 Å². The molecule has 1 heterocycles. The molecule has 1 aliphatic heterocycles. The van der Waals surface area contributed by atoms with Crippen LogP contribution in [0, 0.1) is 0 Å². The van der Waals surface area contributed by atoms with Crippen LogP contribution >= 0.6 is 23.2 Å². The minimum atomic E-state index is -0.0319. The Bertz CT molecular complexity index is 445. The molecule has 19 heavy (non-hydrogen) atoms. The zero-order chi connectivity index (χ0) is 13.8. The lowest BCUT2D eigenvalue weighted by molar-refractivity contribution is -0.121. The van der Waals surface area contributed by atoms with E-state index in [1.807, 2.05) is 0 Å². The molecule has 0 spiro atoms. The first-order valence-corrected chi connectivity index (χ1v) is 7.29. The van der Waals surface area contributed by atoms with Crippen molar-refractivity contribution in [3.8, 4) is 0 Å². The Morgan fingerprint density at radius 1 is 1.42 bits per heavy atom. The quantitative estimate of drug-likeness (QED) is 0.901. The Hall–Kier alpha value is -0.770. The molecule has 2 unspecified atom stereocenters. The smallest absolute Gasteiger partial charge is 0.224 e. The summed E-state index contributed by atoms with van der Waals surface area (Å²) in [6.07, 6.45) is 2.32. The number of hydrogen-bond acceptors (Lipinski definition) is 2. The molecule has 0 aliphatic carbocycles. The summed E-state index contributed by atoms with van der Waals surface area (Å²) < 4.78 is 0. The highest BCUT2D eigenvalue weighted by Gasteiger charge is 2.22. The van der Waals surface area contributed by atoms with Crippen molar-refractivity contribution >= 4 is 29.1 Å². The maximum Gasteiger partial charge on any atom is 0.224 e. The van der Waals surface area contributed by atoms with E-state index in [0.29, 0.717) is 21.7 Å². The Kier molecular flexibility index (Phi) is 5.08. The molecule has 1 aromatic rings. The van der Waals surface area contributed by atoms with Gasteiger partial charge in [-0.1, -0.05) is 29.3 Å². The van der Waals surface area contributed by atoms with Crippen LogP contribution in [0.2, 0.25) is 10.0 Å². The molecule has 1 saturated heterocycles. The fourth-order valence-electron chi connectivity index (χ4n) is 2.36. The molecule has 5 heteroatoms. The van der Waals surface area contributed by atoms with Gasteiger partial charge < -0.3 is 10.6 Å². The molecule has 2 atom stereocenters. The van der Waals surface area contributed by atoms with Crippen LogP contribution in [0.5, 0.6) is 0 Å². The lowest BCUT2D eigenvalue weighted by atomic mass is 9.99. The van der Waals surface area contributed by atoms with Crippen molar-refractivity contribution in [1.29, 1.82) is 0 Å². The molecule has 1 fully saturated rings. The molecule has 1 aromatic carbocycles. The van der Waals surface area contributed by atoms with Gasteiger partial charge in [-0.15, -0.1) is 0 Å². The Morgan fingerprint density at radius 2 is 2.11 bits per heavy atom. The van der Waals surface area contributed by atoms with Crippen molar-refractivity contribution in [2.75, 3.05) is 6.54 Å². The normalized spacial score (nSPS) is 23.1. The first kappa shape index (κ1) is 14.6. The second kappa shape index (κ2) is 6.60. The third-order valence-corrected chi connectivity index (χ3v) is 4.22. The Labute approximate surface area is 123 Å². The summed E-state index contributed by atoms with van der Waals surface area (Å²) in [7, 11) is 0. The van der Waals surface area contributed by atoms with Crippen LogP contribution < -0.4 is 10.6 Å². The number of amides is 1. The lowest BCUT2D eigenvalue weighted by Gasteiger charge is -2.30. The number of nitrogens with one attached hydrogen (secondary N) is 2. The molecule has 0 aromatic heterocycles. The first-order chi connectivity index (χ1) is 9.08. The van der Waals surface area contributed by atoms with Crippen molar-refractivity contribution in [2.45, 2.75) is 38.3 Å². The molecular weight excluding hydrogens is 283 g/mol. The maximum absolute atomic E-state index is 12.1. The topological polar surface area (TPSA) is 41.1 Å². The monoisotopic (exact) mass is 300 g/mol. The van der Waals surface area contributed by atoms with E-state index in [1.54, 1.807) is 18.2 Å². The molecule has 3 nitrogen and oxygen atoms in total. The molecule has 0 bridgehead atoms. The van der Waals surface area contributed by atoms with Crippen LogP contribution in [0.25, 0.3) is 0 Å². The van der Waals surface area contributed by atoms with E-state index in [4.69, 9.17) is 23.2 Å². The number of benzene rings is 1. The summed E-state index contributed by atoms with van der Waals surface area (Å²) >= 11 is 12.1. The highest BCUT2D eigenvalue weighted by atomic mass is 35.5. The lowest BCUT2D eigenvalue weighted by Crippen LogP contribution is -2.52. The van der Waals surface area contributed by atoms with Crippen LogP contribution in [0.3, 0.4) is 0 Å². The van der Waals surface area contributed by atoms with Crippen molar-refractivity contribution < 1.29 is 4.79 Å². The van der Waals surface area contributed by atoms with E-state index < -0.39 is 0 Å². The SMILES string of the molecule is CC1NCCCC1NC(=O)Cc1c(Cl)cccc1Cl. The van der Waals surface area contributed by atoms with E-state index >= 15 is 0 Å². The highest BCUT2D eigenvalue weighted by Crippen LogP contribution is 2.24. The third kappa shape index (κ3) is 3.85. The maximum atomic E-state index is 12.1. The zero-order valence-corrected chi connectivity index (χ0v) is 12.4. The number of halogens is 2. The van der Waals surface area contributed by atoms with Crippen LogP contribution in [-0.2, 0) is 11.2 Å². The minimum Gasteiger partial charge on any atom is -0.352 e. The summed E-state index contributed by atoms with van der Waals surface area (Å²) in [5.74, 6) is -0.0319. The van der Waals surface area contributed by atoms with Gasteiger partial charge in [0.15, 0.2) is 0 Å². The fraction of sp³-hybridized carbons (Fsp3) is 0.500. The standard InChI is InChI=1S/C14H18Cl2N2O/c1-9-13(6-3-7-17-9)18-14(19)8-10-11(15)4-2-5-12(10)16/h2,4-5,9,13,17H,3,6-8H2,1H3,(H,18,19). The Morgan fingerprint density at radius 3 is 2.74 bits per heavy atom. The molecule has 0 radical (unpaired) electrons. The van der Waals surface area contributed by atoms with Crippen molar-refractivity contribution in [1.82, 2.24) is 10.6 Å². The number of carbonyl (C=O) groups is 1. The van der Waals surface area contributed by atoms with Crippen molar-refractivity contribution in [3.63, 3.8) is 0 Å². The van der Waals surface area contributed by atoms with E-state index in [1.165, 1.54) is 0 Å². The minimum absolute atomic E-state index is 0.0319. The number of hydrogen-bond donors (Lipinski definition) is 2. The number of carbonyl (C=O) groups excluding carboxylic acids is 1. The Balaban J connectivity index is 1.97. The van der Waals surface area contributed by atoms with Gasteiger partial charge in [0.1, 0.15) is 0 Å². The van der Waals surface area contributed by atoms with Gasteiger partial charge in [-0.2, -0.15) is 0 Å². The van der Waals surface area contributed by atoms with Gasteiger partial charge >= 0.3 is 0 Å². The second-order valence-corrected chi connectivity index (χ2v) is 5.75. The molecular formula is C14H18Cl2N2O. The van der Waals surface area contributed by atoms with Crippen molar-refractivity contribution in [3.05, 3.63) is 33.8 Å². The summed E-state index contributed by atoms with van der Waals surface area (Å²) in [5.41, 5.74) is 0.694. The summed E-state index contributed by atoms with van der Waals surface area (Å²) in [4.78, 5) is 12.1. The number of piperidine rings is 1. The van der Waals surface area contributed by atoms with E-state index in [2.05, 4.69) is 17.6 Å². The van der Waals surface area contributed by atoms with Gasteiger partial charge in [-0.05, 0) is 44.0 Å². The molecule has 1 aliphatic rings. The van der Waals surface area contributed by atoms with Gasteiger partial charge in [0, 0.05) is 22.1 Å². The number of rotatable bonds is 3. The second-order valence-electron chi connectivity index (χ2n) is 4.94. The van der Waals surface area contributed by atoms with Crippen molar-refractivity contribution in [2.24, 2.45) is 0 Å². The van der Waals surface area contributed by atoms with Gasteiger partial charge in [-0.3, -0.25) is 4.79 Å². The molecule has 104 valence electrons. The highest BCUT2D eigenvalue weighted by molar-refractivity contribution is 6.36. The average molecular weight is 301 g/mol. The third-order valence-electron chi connectivity index (χ3n) is 3.51. The van der Waals surface area contributed by atoms with E-state index in [9.17, 15) is 4.79 Å². The zero-order valence-electron chi connectivity index (χ0n) is 10.9. The van der Waals surface area contributed by atoms with Gasteiger partial charge in [-0.25, -0.2) is 0 Å². The van der Waals surface area contributed by atoms with Crippen LogP contribution in [0.4, 0.5) is 0 Å². The largest absolute Gasteiger partial charge is 0.352 e. The van der Waals surface area contributed by atoms with Crippen LogP contribution in [0.15, 0.2) is 18.2 Å². The van der Waals surface area contributed by atoms with Crippen LogP contribution in [0.1, 0.15) is 25.3 Å². The van der Waals surface area contributed by atoms with Gasteiger partial charge in [0.05, 0.1) is 6.42 Å². The van der Waals surface area contributed by atoms with Crippen LogP contribution in [-0.4, -0.2) is 24.5 Å². The van der Waals surface area contributed by atoms with Gasteiger partial charge in [0.2, 0.25) is 5.91 Å². The summed E-state index contributed by atoms with van der Waals surface area (Å²) in [6, 6.07) is 5.77. The predicted octanol–water partition coefficient (Wildman–Crippen LogP) is 2.79. The summed E-state index contributed by atoms with van der Waals surface area (Å²) in [5, 5.41) is 7.49.